The molecule has 2 saturated heterocycles. The highest BCUT2D eigenvalue weighted by molar-refractivity contribution is 5.96. The molecule has 2 aromatic carbocycles. The highest BCUT2D eigenvalue weighted by Gasteiger charge is 2.53. The molecule has 2 heterocycles. The molecule has 31 heavy (non-hydrogen) atoms. The van der Waals surface area contributed by atoms with E-state index in [0.717, 1.165) is 17.8 Å². The lowest BCUT2D eigenvalue weighted by Gasteiger charge is -2.43. The molecular formula is C23H24F3N3O2. The number of carbonyl (C=O) groups is 2. The minimum absolute atomic E-state index is 0.0124. The van der Waals surface area contributed by atoms with Crippen molar-refractivity contribution in [3.05, 3.63) is 65.2 Å². The minimum atomic E-state index is -4.51. The second-order valence-electron chi connectivity index (χ2n) is 8.32. The zero-order valence-electron chi connectivity index (χ0n) is 17.4. The molecule has 0 aromatic heterocycles. The first-order chi connectivity index (χ1) is 14.6. The number of likely N-dealkylation sites (N-methyl/N-ethyl adjacent to an activating group) is 1. The Morgan fingerprint density at radius 3 is 2.29 bits per heavy atom. The SMILES string of the molecule is Cc1cc(C(=O)N2CCC3(CC2)C(=O)N(C)CN3c2ccccc2)cc(C(F)(F)F)c1. The number of halogens is 3. The summed E-state index contributed by atoms with van der Waals surface area (Å²) in [6.45, 7) is 2.61. The Hall–Kier alpha value is -3.03. The molecule has 1 spiro atoms. The van der Waals surface area contributed by atoms with Crippen molar-refractivity contribution in [2.24, 2.45) is 0 Å². The zero-order chi connectivity index (χ0) is 22.4. The first-order valence-electron chi connectivity index (χ1n) is 10.2. The van der Waals surface area contributed by atoms with E-state index in [0.29, 0.717) is 38.2 Å². The Bertz CT molecular complexity index is 999. The topological polar surface area (TPSA) is 43.9 Å². The summed E-state index contributed by atoms with van der Waals surface area (Å²) >= 11 is 0. The summed E-state index contributed by atoms with van der Waals surface area (Å²) in [5, 5.41) is 0. The van der Waals surface area contributed by atoms with Gasteiger partial charge in [0.1, 0.15) is 5.54 Å². The first-order valence-corrected chi connectivity index (χ1v) is 10.2. The molecule has 0 radical (unpaired) electrons. The van der Waals surface area contributed by atoms with Crippen LogP contribution in [0.25, 0.3) is 0 Å². The Kier molecular flexibility index (Phi) is 5.19. The molecule has 0 saturated carbocycles. The standard InChI is InChI=1S/C23H24F3N3O2/c1-16-12-17(14-18(13-16)23(24,25)26)20(30)28-10-8-22(9-11-28)21(31)27(2)15-29(22)19-6-4-3-5-7-19/h3-7,12-14H,8-11,15H2,1-2H3. The van der Waals surface area contributed by atoms with Gasteiger partial charge in [0, 0.05) is 31.4 Å². The normalized spacial score (nSPS) is 18.7. The van der Waals surface area contributed by atoms with Crippen LogP contribution in [-0.2, 0) is 11.0 Å². The van der Waals surface area contributed by atoms with Crippen LogP contribution in [-0.4, -0.2) is 54.0 Å². The van der Waals surface area contributed by atoms with Gasteiger partial charge in [-0.3, -0.25) is 9.59 Å². The number of aryl methyl sites for hydroxylation is 1. The van der Waals surface area contributed by atoms with Crippen molar-refractivity contribution in [1.29, 1.82) is 0 Å². The second kappa shape index (κ2) is 7.59. The summed E-state index contributed by atoms with van der Waals surface area (Å²) in [5.74, 6) is -0.424. The van der Waals surface area contributed by atoms with Crippen molar-refractivity contribution in [3.63, 3.8) is 0 Å². The number of hydrogen-bond acceptors (Lipinski definition) is 3. The molecule has 0 atom stereocenters. The van der Waals surface area contributed by atoms with E-state index >= 15 is 0 Å². The molecule has 4 rings (SSSR count). The lowest BCUT2D eigenvalue weighted by molar-refractivity contribution is -0.137. The third kappa shape index (κ3) is 3.75. The van der Waals surface area contributed by atoms with E-state index in [-0.39, 0.29) is 11.5 Å². The van der Waals surface area contributed by atoms with Crippen molar-refractivity contribution in [1.82, 2.24) is 9.80 Å². The van der Waals surface area contributed by atoms with Crippen molar-refractivity contribution < 1.29 is 22.8 Å². The van der Waals surface area contributed by atoms with Crippen molar-refractivity contribution >= 4 is 17.5 Å². The van der Waals surface area contributed by atoms with Gasteiger partial charge in [-0.15, -0.1) is 0 Å². The third-order valence-electron chi connectivity index (χ3n) is 6.21. The van der Waals surface area contributed by atoms with Gasteiger partial charge >= 0.3 is 6.18 Å². The van der Waals surface area contributed by atoms with Crippen LogP contribution in [0, 0.1) is 6.92 Å². The fourth-order valence-electron chi connectivity index (χ4n) is 4.64. The number of likely N-dealkylation sites (tertiary alicyclic amines) is 1. The van der Waals surface area contributed by atoms with Gasteiger partial charge in [0.05, 0.1) is 12.2 Å². The van der Waals surface area contributed by atoms with Crippen LogP contribution in [0.3, 0.4) is 0 Å². The predicted molar refractivity (Wildman–Crippen MR) is 111 cm³/mol. The number of anilines is 1. The van der Waals surface area contributed by atoms with Crippen LogP contribution in [0.4, 0.5) is 18.9 Å². The molecule has 164 valence electrons. The maximum Gasteiger partial charge on any atom is 0.416 e. The Morgan fingerprint density at radius 1 is 1.03 bits per heavy atom. The Morgan fingerprint density at radius 2 is 1.68 bits per heavy atom. The molecule has 2 aromatic rings. The predicted octanol–water partition coefficient (Wildman–Crippen LogP) is 3.92. The van der Waals surface area contributed by atoms with Gasteiger partial charge in [-0.05, 0) is 55.7 Å². The summed E-state index contributed by atoms with van der Waals surface area (Å²) in [4.78, 5) is 31.4. The van der Waals surface area contributed by atoms with Crippen molar-refractivity contribution in [2.75, 3.05) is 31.7 Å². The fraction of sp³-hybridized carbons (Fsp3) is 0.391. The summed E-state index contributed by atoms with van der Waals surface area (Å²) in [5.41, 5.74) is -0.218. The summed E-state index contributed by atoms with van der Waals surface area (Å²) in [7, 11) is 1.76. The molecule has 2 aliphatic rings. The van der Waals surface area contributed by atoms with Gasteiger partial charge in [-0.25, -0.2) is 0 Å². The Labute approximate surface area is 179 Å². The average molecular weight is 431 g/mol. The Balaban J connectivity index is 1.56. The molecule has 2 fully saturated rings. The smallest absolute Gasteiger partial charge is 0.339 e. The zero-order valence-corrected chi connectivity index (χ0v) is 17.4. The number of amides is 2. The van der Waals surface area contributed by atoms with E-state index < -0.39 is 23.2 Å². The maximum absolute atomic E-state index is 13.2. The van der Waals surface area contributed by atoms with Gasteiger partial charge in [0.15, 0.2) is 0 Å². The van der Waals surface area contributed by atoms with Gasteiger partial charge in [-0.2, -0.15) is 13.2 Å². The van der Waals surface area contributed by atoms with Crippen LogP contribution in [0.1, 0.15) is 34.3 Å². The van der Waals surface area contributed by atoms with Crippen LogP contribution in [0.15, 0.2) is 48.5 Å². The highest BCUT2D eigenvalue weighted by atomic mass is 19.4. The van der Waals surface area contributed by atoms with Crippen molar-refractivity contribution in [2.45, 2.75) is 31.5 Å². The molecule has 2 aliphatic heterocycles. The summed E-state index contributed by atoms with van der Waals surface area (Å²) in [6.07, 6.45) is -3.66. The number of benzene rings is 2. The quantitative estimate of drug-likeness (QED) is 0.724. The number of para-hydroxylation sites is 1. The molecule has 0 bridgehead atoms. The van der Waals surface area contributed by atoms with Crippen LogP contribution >= 0.6 is 0 Å². The number of alkyl halides is 3. The monoisotopic (exact) mass is 431 g/mol. The van der Waals surface area contributed by atoms with E-state index in [2.05, 4.69) is 4.90 Å². The third-order valence-corrected chi connectivity index (χ3v) is 6.21. The molecule has 0 N–H and O–H groups in total. The first kappa shape index (κ1) is 21.2. The summed E-state index contributed by atoms with van der Waals surface area (Å²) in [6, 6.07) is 13.1. The molecule has 0 unspecified atom stereocenters. The largest absolute Gasteiger partial charge is 0.416 e. The van der Waals surface area contributed by atoms with Gasteiger partial charge in [0.2, 0.25) is 5.91 Å². The van der Waals surface area contributed by atoms with E-state index in [1.807, 2.05) is 30.3 Å². The van der Waals surface area contributed by atoms with Crippen LogP contribution < -0.4 is 4.90 Å². The van der Waals surface area contributed by atoms with Crippen LogP contribution in [0.2, 0.25) is 0 Å². The second-order valence-corrected chi connectivity index (χ2v) is 8.32. The lowest BCUT2D eigenvalue weighted by Crippen LogP contribution is -2.57. The van der Waals surface area contributed by atoms with Crippen molar-refractivity contribution in [3.8, 4) is 0 Å². The number of rotatable bonds is 2. The van der Waals surface area contributed by atoms with E-state index in [9.17, 15) is 22.8 Å². The van der Waals surface area contributed by atoms with Gasteiger partial charge < -0.3 is 14.7 Å². The maximum atomic E-state index is 13.2. The number of piperidine rings is 1. The van der Waals surface area contributed by atoms with E-state index in [1.165, 1.54) is 6.07 Å². The average Bonchev–Trinajstić information content (AvgIpc) is 2.98. The molecule has 5 nitrogen and oxygen atoms in total. The summed E-state index contributed by atoms with van der Waals surface area (Å²) < 4.78 is 39.5. The number of carbonyl (C=O) groups excluding carboxylic acids is 2. The molecule has 8 heteroatoms. The van der Waals surface area contributed by atoms with Gasteiger partial charge in [-0.1, -0.05) is 18.2 Å². The number of nitrogens with zero attached hydrogens (tertiary/aromatic N) is 3. The van der Waals surface area contributed by atoms with E-state index in [4.69, 9.17) is 0 Å². The highest BCUT2D eigenvalue weighted by Crippen LogP contribution is 2.39. The van der Waals surface area contributed by atoms with Gasteiger partial charge in [0.25, 0.3) is 5.91 Å². The van der Waals surface area contributed by atoms with E-state index in [1.54, 1.807) is 23.8 Å². The minimum Gasteiger partial charge on any atom is -0.339 e. The number of hydrogen-bond donors (Lipinski definition) is 0. The van der Waals surface area contributed by atoms with Crippen LogP contribution in [0.5, 0.6) is 0 Å². The fourth-order valence-corrected chi connectivity index (χ4v) is 4.64. The molecular weight excluding hydrogens is 407 g/mol. The molecule has 0 aliphatic carbocycles. The molecule has 2 amide bonds. The lowest BCUT2D eigenvalue weighted by atomic mass is 9.85.